The van der Waals surface area contributed by atoms with Gasteiger partial charge in [0.1, 0.15) is 11.5 Å². The maximum atomic E-state index is 10.6. The van der Waals surface area contributed by atoms with Crippen LogP contribution in [0, 0.1) is 35.5 Å². The second-order valence-corrected chi connectivity index (χ2v) is 17.5. The second-order valence-electron chi connectivity index (χ2n) is 17.5. The average Bonchev–Trinajstić information content (AvgIpc) is 3.63. The molecule has 0 aliphatic rings. The van der Waals surface area contributed by atoms with E-state index in [0.29, 0.717) is 46.3 Å². The molecular weight excluding hydrogens is 783 g/mol. The molecule has 0 saturated carbocycles. The van der Waals surface area contributed by atoms with Gasteiger partial charge in [-0.2, -0.15) is 10.5 Å². The Morgan fingerprint density at radius 1 is 0.609 bits per heavy atom. The van der Waals surface area contributed by atoms with Gasteiger partial charge in [-0.3, -0.25) is 0 Å². The monoisotopic (exact) mass is 852 g/mol. The first kappa shape index (κ1) is 47.4. The van der Waals surface area contributed by atoms with Crippen molar-refractivity contribution in [2.45, 2.75) is 131 Å². The molecule has 0 aliphatic heterocycles. The number of aromatic nitrogens is 1. The molecule has 1 atom stereocenters. The van der Waals surface area contributed by atoms with Crippen molar-refractivity contribution in [2.24, 2.45) is 5.92 Å². The molecule has 1 aromatic heterocycles. The van der Waals surface area contributed by atoms with Crippen molar-refractivity contribution < 1.29 is 9.47 Å². The fraction of sp³-hybridized carbons (Fsp3) is 0.390. The summed E-state index contributed by atoms with van der Waals surface area (Å²) in [6, 6.07) is 39.6. The average molecular weight is 852 g/mol. The predicted molar refractivity (Wildman–Crippen MR) is 271 cm³/mol. The van der Waals surface area contributed by atoms with Crippen LogP contribution < -0.4 is 9.47 Å². The standard InChI is InChI=1S/C59H69N3O2/c1-7-11-13-14-15-16-17-18-19-20-34-64-59-39-53(58(63-6)38-52(59)46(10-4)40-60)51(41-61)35-45-24-28-48(29-25-45)50-31-33-57-55(37-50)54-36-49(47-26-22-43(5)23-27-47)30-32-56(54)62(57)42-44(9-3)21-12-8-2/h10,22-33,35-39,44H,7-9,11-21,34,42H2,1-6H3/b46-10+,51-35+. The third-order valence-corrected chi connectivity index (χ3v) is 13.0. The molecule has 0 amide bonds. The molecule has 5 heteroatoms. The Hall–Kier alpha value is -6.04. The van der Waals surface area contributed by atoms with E-state index in [4.69, 9.17) is 9.47 Å². The van der Waals surface area contributed by atoms with Crippen LogP contribution in [0.15, 0.2) is 103 Å². The van der Waals surface area contributed by atoms with Gasteiger partial charge >= 0.3 is 0 Å². The number of allylic oxidation sites excluding steroid dienone is 3. The van der Waals surface area contributed by atoms with E-state index in [0.717, 1.165) is 36.1 Å². The Balaban J connectivity index is 1.27. The number of hydrogen-bond acceptors (Lipinski definition) is 4. The maximum absolute atomic E-state index is 10.6. The molecule has 0 aliphatic carbocycles. The van der Waals surface area contributed by atoms with Crippen LogP contribution in [-0.2, 0) is 6.54 Å². The van der Waals surface area contributed by atoms with Crippen molar-refractivity contribution in [3.05, 3.63) is 125 Å². The Morgan fingerprint density at radius 3 is 1.66 bits per heavy atom. The van der Waals surface area contributed by atoms with E-state index in [2.05, 4.69) is 129 Å². The molecule has 0 radical (unpaired) electrons. The zero-order valence-electron chi connectivity index (χ0n) is 39.4. The lowest BCUT2D eigenvalue weighted by molar-refractivity contribution is 0.302. The van der Waals surface area contributed by atoms with Gasteiger partial charge in [-0.05, 0) is 103 Å². The van der Waals surface area contributed by atoms with Gasteiger partial charge in [0.05, 0.1) is 37.0 Å². The van der Waals surface area contributed by atoms with Crippen LogP contribution in [0.4, 0.5) is 0 Å². The second kappa shape index (κ2) is 24.1. The van der Waals surface area contributed by atoms with Crippen LogP contribution in [0.3, 0.4) is 0 Å². The molecule has 5 aromatic carbocycles. The van der Waals surface area contributed by atoms with Gasteiger partial charge in [-0.1, -0.05) is 170 Å². The number of nitriles is 2. The van der Waals surface area contributed by atoms with Crippen molar-refractivity contribution in [1.82, 2.24) is 4.57 Å². The normalized spacial score (nSPS) is 12.4. The minimum atomic E-state index is 0.460. The summed E-state index contributed by atoms with van der Waals surface area (Å²) in [6.07, 6.45) is 21.0. The molecule has 6 aromatic rings. The highest BCUT2D eigenvalue weighted by Gasteiger charge is 2.19. The largest absolute Gasteiger partial charge is 0.496 e. The Kier molecular flexibility index (Phi) is 17.9. The number of fused-ring (bicyclic) bond motifs is 3. The molecule has 332 valence electrons. The summed E-state index contributed by atoms with van der Waals surface area (Å²) in [4.78, 5) is 0. The Labute approximate surface area is 384 Å². The van der Waals surface area contributed by atoms with Crippen LogP contribution in [-0.4, -0.2) is 18.3 Å². The molecular formula is C59H69N3O2. The summed E-state index contributed by atoms with van der Waals surface area (Å²) < 4.78 is 14.8. The number of unbranched alkanes of at least 4 members (excludes halogenated alkanes) is 10. The van der Waals surface area contributed by atoms with Gasteiger partial charge in [0.2, 0.25) is 0 Å². The highest BCUT2D eigenvalue weighted by molar-refractivity contribution is 6.10. The molecule has 1 unspecified atom stereocenters. The van der Waals surface area contributed by atoms with Crippen molar-refractivity contribution in [1.29, 1.82) is 10.5 Å². The van der Waals surface area contributed by atoms with Crippen molar-refractivity contribution in [3.8, 4) is 45.9 Å². The van der Waals surface area contributed by atoms with Crippen LogP contribution in [0.25, 0.3) is 61.3 Å². The number of nitrogens with zero attached hydrogens (tertiary/aromatic N) is 3. The SMILES string of the molecule is C/C=C(\C#N)c1cc(OC)c(/C(C#N)=C/c2ccc(-c3ccc4c(c3)c3cc(-c5ccc(C)cc5)ccc3n4CC(CC)CCCC)cc2)cc1OCCCCCCCCCCCC. The molecule has 6 rings (SSSR count). The third kappa shape index (κ3) is 11.9. The topological polar surface area (TPSA) is 71.0 Å². The summed E-state index contributed by atoms with van der Waals surface area (Å²) in [6.45, 7) is 12.4. The van der Waals surface area contributed by atoms with Crippen molar-refractivity contribution >= 4 is 39.0 Å². The Bertz CT molecular complexity index is 2600. The summed E-state index contributed by atoms with van der Waals surface area (Å²) in [5.74, 6) is 1.74. The van der Waals surface area contributed by atoms with E-state index in [-0.39, 0.29) is 0 Å². The zero-order chi connectivity index (χ0) is 45.3. The summed E-state index contributed by atoms with van der Waals surface area (Å²) in [5.41, 5.74) is 11.7. The number of hydrogen-bond donors (Lipinski definition) is 0. The minimum Gasteiger partial charge on any atom is -0.496 e. The van der Waals surface area contributed by atoms with E-state index in [1.54, 1.807) is 13.2 Å². The lowest BCUT2D eigenvalue weighted by Gasteiger charge is -2.17. The lowest BCUT2D eigenvalue weighted by Crippen LogP contribution is -2.10. The Morgan fingerprint density at radius 2 is 1.12 bits per heavy atom. The van der Waals surface area contributed by atoms with Gasteiger partial charge in [-0.15, -0.1) is 0 Å². The molecule has 0 N–H and O–H groups in total. The molecule has 0 saturated heterocycles. The van der Waals surface area contributed by atoms with E-state index in [9.17, 15) is 10.5 Å². The first-order valence-electron chi connectivity index (χ1n) is 24.1. The summed E-state index contributed by atoms with van der Waals surface area (Å²) in [5, 5.41) is 23.1. The van der Waals surface area contributed by atoms with E-state index < -0.39 is 0 Å². The van der Waals surface area contributed by atoms with Crippen LogP contribution in [0.5, 0.6) is 11.5 Å². The van der Waals surface area contributed by atoms with Gasteiger partial charge in [0.25, 0.3) is 0 Å². The molecule has 5 nitrogen and oxygen atoms in total. The van der Waals surface area contributed by atoms with Crippen molar-refractivity contribution in [3.63, 3.8) is 0 Å². The van der Waals surface area contributed by atoms with Crippen LogP contribution in [0.2, 0.25) is 0 Å². The molecule has 0 fully saturated rings. The first-order chi connectivity index (χ1) is 31.3. The molecule has 64 heavy (non-hydrogen) atoms. The van der Waals surface area contributed by atoms with E-state index >= 15 is 0 Å². The van der Waals surface area contributed by atoms with Crippen LogP contribution in [0.1, 0.15) is 140 Å². The number of benzene rings is 5. The minimum absolute atomic E-state index is 0.460. The van der Waals surface area contributed by atoms with Crippen molar-refractivity contribution in [2.75, 3.05) is 13.7 Å². The van der Waals surface area contributed by atoms with Crippen LogP contribution >= 0.6 is 0 Å². The zero-order valence-corrected chi connectivity index (χ0v) is 39.4. The summed E-state index contributed by atoms with van der Waals surface area (Å²) in [7, 11) is 1.60. The maximum Gasteiger partial charge on any atom is 0.128 e. The fourth-order valence-electron chi connectivity index (χ4n) is 9.01. The fourth-order valence-corrected chi connectivity index (χ4v) is 9.01. The van der Waals surface area contributed by atoms with Gasteiger partial charge in [0, 0.05) is 39.5 Å². The van der Waals surface area contributed by atoms with Gasteiger partial charge in [0.15, 0.2) is 0 Å². The first-order valence-corrected chi connectivity index (χ1v) is 24.1. The molecule has 1 heterocycles. The van der Waals surface area contributed by atoms with Gasteiger partial charge < -0.3 is 14.0 Å². The van der Waals surface area contributed by atoms with Gasteiger partial charge in [-0.25, -0.2) is 0 Å². The lowest BCUT2D eigenvalue weighted by atomic mass is 9.96. The number of ether oxygens (including phenoxy) is 2. The molecule has 0 bridgehead atoms. The quantitative estimate of drug-likeness (QED) is 0.0345. The number of aryl methyl sites for hydroxylation is 1. The highest BCUT2D eigenvalue weighted by atomic mass is 16.5. The smallest absolute Gasteiger partial charge is 0.128 e. The van der Waals surface area contributed by atoms with E-state index in [1.807, 2.05) is 25.1 Å². The number of methoxy groups -OCH3 is 1. The number of rotatable bonds is 24. The molecule has 0 spiro atoms. The van der Waals surface area contributed by atoms with E-state index in [1.165, 1.54) is 116 Å². The third-order valence-electron chi connectivity index (χ3n) is 13.0. The summed E-state index contributed by atoms with van der Waals surface area (Å²) >= 11 is 0. The predicted octanol–water partition coefficient (Wildman–Crippen LogP) is 17.0. The highest BCUT2D eigenvalue weighted by Crippen LogP contribution is 2.39.